The van der Waals surface area contributed by atoms with Crippen LogP contribution in [0.5, 0.6) is 11.5 Å². The van der Waals surface area contributed by atoms with Gasteiger partial charge in [-0.1, -0.05) is 0 Å². The minimum atomic E-state index is -3.79. The Balaban J connectivity index is 2.43. The lowest BCUT2D eigenvalue weighted by molar-refractivity contribution is 0.354. The highest BCUT2D eigenvalue weighted by Crippen LogP contribution is 2.31. The van der Waals surface area contributed by atoms with Gasteiger partial charge < -0.3 is 9.47 Å². The smallest absolute Gasteiger partial charge is 0.264 e. The maximum Gasteiger partial charge on any atom is 0.264 e. The molecule has 22 heavy (non-hydrogen) atoms. The molecule has 0 atom stereocenters. The second-order valence-corrected chi connectivity index (χ2v) is 6.44. The second-order valence-electron chi connectivity index (χ2n) is 4.47. The molecule has 0 radical (unpaired) electrons. The van der Waals surface area contributed by atoms with Crippen molar-refractivity contribution in [2.45, 2.75) is 4.90 Å². The number of halogens is 1. The van der Waals surface area contributed by atoms with Crippen molar-refractivity contribution in [3.05, 3.63) is 48.3 Å². The van der Waals surface area contributed by atoms with Crippen LogP contribution >= 0.6 is 0 Å². The van der Waals surface area contributed by atoms with Crippen molar-refractivity contribution < 1.29 is 22.3 Å². The maximum atomic E-state index is 13.0. The van der Waals surface area contributed by atoms with Crippen molar-refractivity contribution in [2.24, 2.45) is 0 Å². The highest BCUT2D eigenvalue weighted by atomic mass is 32.2. The van der Waals surface area contributed by atoms with Crippen molar-refractivity contribution in [3.63, 3.8) is 0 Å². The fourth-order valence-electron chi connectivity index (χ4n) is 1.92. The second kappa shape index (κ2) is 6.23. The van der Waals surface area contributed by atoms with Gasteiger partial charge in [-0.15, -0.1) is 0 Å². The van der Waals surface area contributed by atoms with Gasteiger partial charge in [-0.2, -0.15) is 0 Å². The van der Waals surface area contributed by atoms with Gasteiger partial charge in [0.2, 0.25) is 0 Å². The van der Waals surface area contributed by atoms with Crippen LogP contribution in [-0.2, 0) is 10.0 Å². The van der Waals surface area contributed by atoms with E-state index in [-0.39, 0.29) is 4.90 Å². The molecular formula is C15H16FNO4S. The van der Waals surface area contributed by atoms with E-state index in [1.807, 2.05) is 0 Å². The summed E-state index contributed by atoms with van der Waals surface area (Å²) in [6.45, 7) is 0. The van der Waals surface area contributed by atoms with Crippen molar-refractivity contribution in [2.75, 3.05) is 25.6 Å². The molecule has 2 aromatic rings. The topological polar surface area (TPSA) is 55.8 Å². The summed E-state index contributed by atoms with van der Waals surface area (Å²) in [6, 6.07) is 9.53. The summed E-state index contributed by atoms with van der Waals surface area (Å²) < 4.78 is 49.5. The predicted octanol–water partition coefficient (Wildman–Crippen LogP) is 2.67. The Bertz CT molecular complexity index is 760. The van der Waals surface area contributed by atoms with Gasteiger partial charge in [-0.3, -0.25) is 4.31 Å². The third kappa shape index (κ3) is 2.99. The molecule has 0 spiro atoms. The minimum Gasteiger partial charge on any atom is -0.493 e. The quantitative estimate of drug-likeness (QED) is 0.848. The zero-order valence-corrected chi connectivity index (χ0v) is 13.2. The molecule has 0 saturated carbocycles. The first kappa shape index (κ1) is 16.1. The van der Waals surface area contributed by atoms with Gasteiger partial charge in [-0.25, -0.2) is 12.8 Å². The molecule has 0 saturated heterocycles. The van der Waals surface area contributed by atoms with Crippen LogP contribution in [0.15, 0.2) is 47.4 Å². The van der Waals surface area contributed by atoms with Crippen molar-refractivity contribution >= 4 is 15.7 Å². The number of sulfonamides is 1. The number of benzene rings is 2. The van der Waals surface area contributed by atoms with Gasteiger partial charge in [-0.05, 0) is 36.4 Å². The van der Waals surface area contributed by atoms with Gasteiger partial charge >= 0.3 is 0 Å². The molecule has 0 heterocycles. The first-order valence-corrected chi connectivity index (χ1v) is 7.80. The normalized spacial score (nSPS) is 11.1. The van der Waals surface area contributed by atoms with Crippen LogP contribution in [0.1, 0.15) is 0 Å². The zero-order valence-electron chi connectivity index (χ0n) is 12.4. The van der Waals surface area contributed by atoms with E-state index >= 15 is 0 Å². The highest BCUT2D eigenvalue weighted by molar-refractivity contribution is 7.92. The lowest BCUT2D eigenvalue weighted by atomic mass is 10.3. The number of hydrogen-bond acceptors (Lipinski definition) is 4. The summed E-state index contributed by atoms with van der Waals surface area (Å²) in [6.07, 6.45) is 0. The Morgan fingerprint density at radius 2 is 1.55 bits per heavy atom. The molecule has 0 amide bonds. The Morgan fingerprint density at radius 1 is 0.955 bits per heavy atom. The van der Waals surface area contributed by atoms with Gasteiger partial charge in [0.15, 0.2) is 11.5 Å². The molecule has 0 aliphatic carbocycles. The van der Waals surface area contributed by atoms with Crippen LogP contribution in [0.4, 0.5) is 10.1 Å². The van der Waals surface area contributed by atoms with E-state index in [4.69, 9.17) is 9.47 Å². The average molecular weight is 325 g/mol. The Labute approximate surface area is 128 Å². The molecule has 2 aromatic carbocycles. The molecule has 7 heteroatoms. The van der Waals surface area contributed by atoms with Crippen LogP contribution < -0.4 is 13.8 Å². The molecule has 0 aliphatic rings. The third-order valence-corrected chi connectivity index (χ3v) is 4.99. The van der Waals surface area contributed by atoms with Crippen molar-refractivity contribution in [1.29, 1.82) is 0 Å². The summed E-state index contributed by atoms with van der Waals surface area (Å²) in [5.74, 6) is 0.322. The monoisotopic (exact) mass is 325 g/mol. The van der Waals surface area contributed by atoms with Gasteiger partial charge in [0.25, 0.3) is 10.0 Å². The summed E-state index contributed by atoms with van der Waals surface area (Å²) in [5.41, 5.74) is 0.358. The van der Waals surface area contributed by atoms with Gasteiger partial charge in [0.05, 0.1) is 24.8 Å². The van der Waals surface area contributed by atoms with Crippen LogP contribution in [0.25, 0.3) is 0 Å². The summed E-state index contributed by atoms with van der Waals surface area (Å²) >= 11 is 0. The van der Waals surface area contributed by atoms with Crippen molar-refractivity contribution in [3.8, 4) is 11.5 Å². The van der Waals surface area contributed by atoms with Gasteiger partial charge in [0, 0.05) is 13.1 Å². The molecule has 2 rings (SSSR count). The molecule has 0 N–H and O–H groups in total. The van der Waals surface area contributed by atoms with Crippen LogP contribution in [0.3, 0.4) is 0 Å². The van der Waals surface area contributed by atoms with Gasteiger partial charge in [0.1, 0.15) is 5.82 Å². The number of methoxy groups -OCH3 is 2. The molecule has 5 nitrogen and oxygen atoms in total. The lowest BCUT2D eigenvalue weighted by Gasteiger charge is -2.20. The average Bonchev–Trinajstić information content (AvgIpc) is 2.54. The Kier molecular flexibility index (Phi) is 4.56. The lowest BCUT2D eigenvalue weighted by Crippen LogP contribution is -2.26. The van der Waals surface area contributed by atoms with E-state index in [1.54, 1.807) is 0 Å². The molecule has 0 unspecified atom stereocenters. The van der Waals surface area contributed by atoms with E-state index in [0.717, 1.165) is 4.31 Å². The molecule has 0 bridgehead atoms. The van der Waals surface area contributed by atoms with E-state index in [0.29, 0.717) is 17.2 Å². The number of nitrogens with zero attached hydrogens (tertiary/aromatic N) is 1. The molecule has 118 valence electrons. The largest absolute Gasteiger partial charge is 0.493 e. The van der Waals surface area contributed by atoms with Crippen molar-refractivity contribution in [1.82, 2.24) is 0 Å². The minimum absolute atomic E-state index is 0.0528. The summed E-state index contributed by atoms with van der Waals surface area (Å²) in [7, 11) is 0.512. The molecule has 0 fully saturated rings. The van der Waals surface area contributed by atoms with E-state index in [9.17, 15) is 12.8 Å². The Morgan fingerprint density at radius 3 is 2.09 bits per heavy atom. The van der Waals surface area contributed by atoms with Crippen LogP contribution in [0.2, 0.25) is 0 Å². The van der Waals surface area contributed by atoms with Crippen LogP contribution in [0, 0.1) is 5.82 Å². The summed E-state index contributed by atoms with van der Waals surface area (Å²) in [4.78, 5) is 0.0528. The molecular weight excluding hydrogens is 309 g/mol. The predicted molar refractivity (Wildman–Crippen MR) is 81.5 cm³/mol. The molecule has 0 aliphatic heterocycles. The van der Waals surface area contributed by atoms with E-state index in [1.165, 1.54) is 63.7 Å². The number of anilines is 1. The number of ether oxygens (including phenoxy) is 2. The Hall–Kier alpha value is -2.28. The number of rotatable bonds is 5. The van der Waals surface area contributed by atoms with Crippen LogP contribution in [-0.4, -0.2) is 29.7 Å². The fourth-order valence-corrected chi connectivity index (χ4v) is 3.14. The highest BCUT2D eigenvalue weighted by Gasteiger charge is 2.23. The first-order valence-electron chi connectivity index (χ1n) is 6.36. The third-order valence-electron chi connectivity index (χ3n) is 3.20. The fraction of sp³-hybridized carbons (Fsp3) is 0.200. The zero-order chi connectivity index (χ0) is 16.3. The SMILES string of the molecule is COc1ccc(S(=O)(=O)N(C)c2ccc(F)cc2)cc1OC. The van der Waals surface area contributed by atoms with E-state index < -0.39 is 15.8 Å². The summed E-state index contributed by atoms with van der Waals surface area (Å²) in [5, 5.41) is 0. The molecule has 0 aromatic heterocycles. The maximum absolute atomic E-state index is 13.0. The van der Waals surface area contributed by atoms with E-state index in [2.05, 4.69) is 0 Å². The standard InChI is InChI=1S/C15H16FNO4S/c1-17(12-6-4-11(16)5-7-12)22(18,19)13-8-9-14(20-2)15(10-13)21-3/h4-10H,1-3H3. The first-order chi connectivity index (χ1) is 10.4. The number of hydrogen-bond donors (Lipinski definition) is 0.